The molecule has 0 aliphatic carbocycles. The van der Waals surface area contributed by atoms with E-state index in [0.717, 1.165) is 71.1 Å². The summed E-state index contributed by atoms with van der Waals surface area (Å²) in [4.78, 5) is 38.5. The molecule has 3 fully saturated rings. The summed E-state index contributed by atoms with van der Waals surface area (Å²) in [5.41, 5.74) is 0. The van der Waals surface area contributed by atoms with Crippen LogP contribution in [0.4, 0.5) is 0 Å². The van der Waals surface area contributed by atoms with Crippen LogP contribution in [0.25, 0.3) is 0 Å². The summed E-state index contributed by atoms with van der Waals surface area (Å²) in [7, 11) is 0. The van der Waals surface area contributed by atoms with E-state index in [0.29, 0.717) is 19.3 Å². The molecule has 86 heavy (non-hydrogen) atoms. The molecule has 0 aromatic carbocycles. The summed E-state index contributed by atoms with van der Waals surface area (Å²) in [6.07, 6.45) is 11.9. The zero-order valence-electron chi connectivity index (χ0n) is 51.9. The van der Waals surface area contributed by atoms with Crippen LogP contribution in [-0.4, -0.2) is 215 Å². The summed E-state index contributed by atoms with van der Waals surface area (Å²) < 4.78 is 34.8. The van der Waals surface area contributed by atoms with Gasteiger partial charge >= 0.3 is 5.97 Å². The Morgan fingerprint density at radius 2 is 1.10 bits per heavy atom. The van der Waals surface area contributed by atoms with Crippen LogP contribution in [-0.2, 0) is 42.8 Å². The highest BCUT2D eigenvalue weighted by Gasteiger charge is 2.60. The molecule has 0 saturated carbocycles. The average molecular weight is 1240 g/mol. The van der Waals surface area contributed by atoms with Crippen LogP contribution in [0.3, 0.4) is 0 Å². The van der Waals surface area contributed by atoms with Gasteiger partial charge in [0.1, 0.15) is 67.1 Å². The van der Waals surface area contributed by atoms with E-state index in [4.69, 9.17) is 28.4 Å². The lowest BCUT2D eigenvalue weighted by molar-refractivity contribution is -0.386. The number of nitrogens with one attached hydrogen (secondary N) is 2. The third kappa shape index (κ3) is 27.8. The van der Waals surface area contributed by atoms with Crippen molar-refractivity contribution >= 4 is 17.8 Å². The molecule has 23 nitrogen and oxygen atoms in total. The normalized spacial score (nSPS) is 29.5. The van der Waals surface area contributed by atoms with Crippen molar-refractivity contribution in [2.45, 2.75) is 330 Å². The minimum atomic E-state index is -3.08. The molecule has 2 amide bonds. The van der Waals surface area contributed by atoms with Crippen molar-refractivity contribution in [1.29, 1.82) is 0 Å². The van der Waals surface area contributed by atoms with Crippen molar-refractivity contribution in [3.8, 4) is 0 Å². The largest absolute Gasteiger partial charge is 0.477 e. The van der Waals surface area contributed by atoms with Gasteiger partial charge in [-0.05, 0) is 38.5 Å². The number of hydrogen-bond acceptors (Lipinski definition) is 20. The van der Waals surface area contributed by atoms with Crippen molar-refractivity contribution in [3.63, 3.8) is 0 Å². The second-order valence-electron chi connectivity index (χ2n) is 24.0. The smallest absolute Gasteiger partial charge is 0.364 e. The molecule has 3 saturated heterocycles. The Hall–Kier alpha value is -2.79. The highest BCUT2D eigenvalue weighted by molar-refractivity contribution is 5.77. The Morgan fingerprint density at radius 3 is 1.63 bits per heavy atom. The maximum absolute atomic E-state index is 13.4. The molecule has 3 aliphatic heterocycles. The third-order valence-electron chi connectivity index (χ3n) is 16.7. The van der Waals surface area contributed by atoms with Crippen molar-refractivity contribution in [3.05, 3.63) is 24.3 Å². The molecule has 0 spiro atoms. The lowest BCUT2D eigenvalue weighted by Gasteiger charge is -2.50. The van der Waals surface area contributed by atoms with Crippen LogP contribution in [0.5, 0.6) is 0 Å². The van der Waals surface area contributed by atoms with Crippen LogP contribution >= 0.6 is 0 Å². The second kappa shape index (κ2) is 44.6. The fourth-order valence-corrected chi connectivity index (χ4v) is 11.4. The van der Waals surface area contributed by atoms with Crippen LogP contribution < -0.4 is 10.6 Å². The molecule has 18 atom stereocenters. The summed E-state index contributed by atoms with van der Waals surface area (Å²) in [5.74, 6) is -6.11. The molecule has 502 valence electrons. The molecule has 3 rings (SSSR count). The summed E-state index contributed by atoms with van der Waals surface area (Å²) in [5, 5.41) is 136. The van der Waals surface area contributed by atoms with E-state index in [1.165, 1.54) is 103 Å². The Kier molecular flexibility index (Phi) is 40.2. The van der Waals surface area contributed by atoms with Crippen LogP contribution in [0, 0.1) is 0 Å². The van der Waals surface area contributed by atoms with Crippen molar-refractivity contribution in [1.82, 2.24) is 10.6 Å². The summed E-state index contributed by atoms with van der Waals surface area (Å²) in [6.45, 7) is 2.15. The number of amides is 2. The molecular weight excluding hydrogens is 1120 g/mol. The van der Waals surface area contributed by atoms with E-state index in [1.807, 2.05) is 0 Å². The molecule has 0 aromatic rings. The van der Waals surface area contributed by atoms with E-state index in [-0.39, 0.29) is 18.9 Å². The number of aliphatic hydroxyl groups excluding tert-OH is 11. The Labute approximate surface area is 511 Å². The topological polar surface area (TPSA) is 373 Å². The number of carboxylic acids is 1. The number of hydrogen-bond donors (Lipinski definition) is 14. The zero-order valence-corrected chi connectivity index (χ0v) is 51.9. The molecule has 3 heterocycles. The van der Waals surface area contributed by atoms with Crippen molar-refractivity contribution in [2.24, 2.45) is 0 Å². The molecular formula is C63H114N2O21. The minimum absolute atomic E-state index is 0.219. The van der Waals surface area contributed by atoms with E-state index >= 15 is 0 Å². The Balaban J connectivity index is 1.62. The molecule has 0 radical (unpaired) electrons. The first-order valence-corrected chi connectivity index (χ1v) is 32.7. The monoisotopic (exact) mass is 1230 g/mol. The maximum atomic E-state index is 13.4. The quantitative estimate of drug-likeness (QED) is 0.0294. The summed E-state index contributed by atoms with van der Waals surface area (Å²) >= 11 is 0. The average Bonchev–Trinajstić information content (AvgIpc) is 2.74. The highest BCUT2D eigenvalue weighted by Crippen LogP contribution is 2.38. The van der Waals surface area contributed by atoms with E-state index in [1.54, 1.807) is 0 Å². The van der Waals surface area contributed by atoms with Crippen molar-refractivity contribution in [2.75, 3.05) is 26.4 Å². The number of carbonyl (C=O) groups is 3. The van der Waals surface area contributed by atoms with Gasteiger partial charge in [-0.3, -0.25) is 9.59 Å². The number of rotatable bonds is 48. The van der Waals surface area contributed by atoms with Gasteiger partial charge in [0.05, 0.1) is 50.7 Å². The van der Waals surface area contributed by atoms with Gasteiger partial charge in [-0.15, -0.1) is 0 Å². The lowest BCUT2D eigenvalue weighted by atomic mass is 9.88. The highest BCUT2D eigenvalue weighted by atomic mass is 16.8. The fraction of sp³-hybridized carbons (Fsp3) is 0.889. The number of aliphatic hydroxyl groups is 11. The predicted molar refractivity (Wildman–Crippen MR) is 320 cm³/mol. The molecule has 3 aliphatic rings. The van der Waals surface area contributed by atoms with Gasteiger partial charge in [0.2, 0.25) is 11.8 Å². The maximum Gasteiger partial charge on any atom is 0.364 e. The van der Waals surface area contributed by atoms with Gasteiger partial charge in [0.15, 0.2) is 12.6 Å². The van der Waals surface area contributed by atoms with Gasteiger partial charge in [0.25, 0.3) is 5.79 Å². The SMILES string of the molecule is CCCCC/C=C\C=C/CCCCCCCCCCCCC(=O)NC(COC1OC(CO)C(OC2OC(CO)C(O)C(OC3(C(=O)O)CC(O)C(NC(C)=O)C(C(O)C(O)CO)O3)C2O)C(O)C1O)C(O)CCCCCCCCCCCCCCC. The number of aliphatic carboxylic acids is 1. The predicted octanol–water partition coefficient (Wildman–Crippen LogP) is 4.50. The second-order valence-corrected chi connectivity index (χ2v) is 24.0. The van der Waals surface area contributed by atoms with E-state index < -0.39 is 148 Å². The molecule has 23 heteroatoms. The number of carbonyl (C=O) groups excluding carboxylic acids is 2. The van der Waals surface area contributed by atoms with Gasteiger partial charge in [-0.2, -0.15) is 0 Å². The fourth-order valence-electron chi connectivity index (χ4n) is 11.4. The van der Waals surface area contributed by atoms with Gasteiger partial charge in [0, 0.05) is 19.8 Å². The number of carboxylic acid groups (broad SMARTS) is 1. The van der Waals surface area contributed by atoms with Gasteiger partial charge < -0.3 is 100 Å². The van der Waals surface area contributed by atoms with Crippen LogP contribution in [0.15, 0.2) is 24.3 Å². The van der Waals surface area contributed by atoms with E-state index in [2.05, 4.69) is 48.8 Å². The molecule has 0 aromatic heterocycles. The standard InChI is InChI=1S/C63H114N2O21/c1-4-6-8-10-12-14-16-18-19-20-21-22-23-25-27-29-31-33-35-37-50(73)65-44(45(70)36-34-32-30-28-26-24-17-15-13-11-9-7-5-2)42-81-60-55(77)54(76)57(49(41-68)83-60)84-61-56(78)59(53(75)48(40-67)82-61)86-63(62(79)80)38-46(71)51(64-43(3)69)58(85-63)52(74)47(72)39-66/h12,14,16,18,44-49,51-61,66-68,70-72,74-78H,4-11,13,15,17,19-42H2,1-3H3,(H,64,69)(H,65,73)(H,79,80)/b14-12-,18-16-. The zero-order chi connectivity index (χ0) is 63.3. The summed E-state index contributed by atoms with van der Waals surface area (Å²) in [6, 6.07) is -2.53. The minimum Gasteiger partial charge on any atom is -0.477 e. The Morgan fingerprint density at radius 1 is 0.605 bits per heavy atom. The Bertz CT molecular complexity index is 1850. The van der Waals surface area contributed by atoms with Crippen LogP contribution in [0.2, 0.25) is 0 Å². The first kappa shape index (κ1) is 77.5. The third-order valence-corrected chi connectivity index (χ3v) is 16.7. The van der Waals surface area contributed by atoms with Crippen LogP contribution in [0.1, 0.15) is 220 Å². The van der Waals surface area contributed by atoms with E-state index in [9.17, 15) is 75.7 Å². The number of unbranched alkanes of at least 4 members (excludes halogenated alkanes) is 25. The number of ether oxygens (including phenoxy) is 6. The van der Waals surface area contributed by atoms with Gasteiger partial charge in [-0.25, -0.2) is 4.79 Å². The molecule has 0 bridgehead atoms. The lowest BCUT2D eigenvalue weighted by Crippen LogP contribution is -2.70. The first-order valence-electron chi connectivity index (χ1n) is 32.7. The molecule has 18 unspecified atom stereocenters. The van der Waals surface area contributed by atoms with Gasteiger partial charge in [-0.1, -0.05) is 186 Å². The first-order chi connectivity index (χ1) is 41.4. The molecule has 14 N–H and O–H groups in total. The number of allylic oxidation sites excluding steroid dienone is 4. The van der Waals surface area contributed by atoms with Crippen molar-refractivity contribution < 1.29 is 104 Å².